The fourth-order valence-electron chi connectivity index (χ4n) is 2.82. The van der Waals surface area contributed by atoms with E-state index in [9.17, 15) is 4.79 Å². The number of aromatic nitrogens is 3. The normalized spacial score (nSPS) is 16.6. The zero-order chi connectivity index (χ0) is 15.4. The maximum absolute atomic E-state index is 12.2. The van der Waals surface area contributed by atoms with E-state index in [1.165, 1.54) is 0 Å². The lowest BCUT2D eigenvalue weighted by Gasteiger charge is -2.30. The predicted octanol–water partition coefficient (Wildman–Crippen LogP) is 1.73. The van der Waals surface area contributed by atoms with Crippen molar-refractivity contribution in [3.8, 4) is 0 Å². The van der Waals surface area contributed by atoms with Crippen LogP contribution in [0, 0.1) is 0 Å². The number of likely N-dealkylation sites (tertiary alicyclic amines) is 1. The number of nitrogens with zero attached hydrogens (tertiary/aromatic N) is 4. The summed E-state index contributed by atoms with van der Waals surface area (Å²) in [4.78, 5) is 18.5. The van der Waals surface area contributed by atoms with Gasteiger partial charge in [0, 0.05) is 18.5 Å². The summed E-state index contributed by atoms with van der Waals surface area (Å²) >= 11 is 0. The number of nitrogens with one attached hydrogen (secondary N) is 1. The Morgan fingerprint density at radius 1 is 1.32 bits per heavy atom. The molecule has 3 heterocycles. The van der Waals surface area contributed by atoms with E-state index in [1.54, 1.807) is 18.6 Å². The minimum Gasteiger partial charge on any atom is -0.311 e. The summed E-state index contributed by atoms with van der Waals surface area (Å²) in [5, 5.41) is 7.36. The molecule has 0 spiro atoms. The van der Waals surface area contributed by atoms with Gasteiger partial charge in [-0.05, 0) is 44.6 Å². The highest BCUT2D eigenvalue weighted by atomic mass is 16.1. The molecule has 22 heavy (non-hydrogen) atoms. The van der Waals surface area contributed by atoms with E-state index in [2.05, 4.69) is 27.3 Å². The molecule has 0 saturated carbocycles. The quantitative estimate of drug-likeness (QED) is 0.934. The largest absolute Gasteiger partial charge is 0.311 e. The predicted molar refractivity (Wildman–Crippen MR) is 84.6 cm³/mol. The van der Waals surface area contributed by atoms with Crippen LogP contribution in [-0.2, 0) is 11.2 Å². The molecule has 6 heteroatoms. The number of carbonyl (C=O) groups is 1. The van der Waals surface area contributed by atoms with Gasteiger partial charge in [0.15, 0.2) is 0 Å². The van der Waals surface area contributed by atoms with Crippen molar-refractivity contribution < 1.29 is 4.79 Å². The topological polar surface area (TPSA) is 63.1 Å². The molecule has 3 rings (SSSR count). The standard InChI is InChI=1S/C16H21N5O/c1-20-9-5-14(6-10-20)21-15(4-8-18-21)19-16(22)11-13-3-2-7-17-12-13/h2-4,7-8,12,14H,5-6,9-11H2,1H3,(H,19,22). The van der Waals surface area contributed by atoms with Crippen molar-refractivity contribution >= 4 is 11.7 Å². The molecule has 1 aliphatic rings. The number of pyridine rings is 1. The van der Waals surface area contributed by atoms with Crippen LogP contribution in [0.3, 0.4) is 0 Å². The average molecular weight is 299 g/mol. The van der Waals surface area contributed by atoms with Crippen molar-refractivity contribution in [2.75, 3.05) is 25.5 Å². The second-order valence-electron chi connectivity index (χ2n) is 5.78. The third kappa shape index (κ3) is 3.51. The maximum Gasteiger partial charge on any atom is 0.229 e. The summed E-state index contributed by atoms with van der Waals surface area (Å²) in [7, 11) is 2.13. The second-order valence-corrected chi connectivity index (χ2v) is 5.78. The van der Waals surface area contributed by atoms with Gasteiger partial charge in [-0.3, -0.25) is 9.78 Å². The van der Waals surface area contributed by atoms with Crippen LogP contribution in [0.5, 0.6) is 0 Å². The molecule has 1 N–H and O–H groups in total. The van der Waals surface area contributed by atoms with Crippen LogP contribution in [0.25, 0.3) is 0 Å². The van der Waals surface area contributed by atoms with Crippen molar-refractivity contribution in [3.63, 3.8) is 0 Å². The number of amides is 1. The Morgan fingerprint density at radius 3 is 2.86 bits per heavy atom. The molecular formula is C16H21N5O. The summed E-state index contributed by atoms with van der Waals surface area (Å²) in [6.07, 6.45) is 7.61. The van der Waals surface area contributed by atoms with E-state index < -0.39 is 0 Å². The lowest BCUT2D eigenvalue weighted by molar-refractivity contribution is -0.115. The van der Waals surface area contributed by atoms with Crippen LogP contribution < -0.4 is 5.32 Å². The molecule has 0 aromatic carbocycles. The second kappa shape index (κ2) is 6.70. The van der Waals surface area contributed by atoms with Crippen molar-refractivity contribution in [1.29, 1.82) is 0 Å². The fourth-order valence-corrected chi connectivity index (χ4v) is 2.82. The summed E-state index contributed by atoms with van der Waals surface area (Å²) in [5.74, 6) is 0.742. The zero-order valence-corrected chi connectivity index (χ0v) is 12.8. The van der Waals surface area contributed by atoms with Crippen LogP contribution in [0.4, 0.5) is 5.82 Å². The van der Waals surface area contributed by atoms with Crippen LogP contribution in [0.1, 0.15) is 24.4 Å². The molecule has 1 aliphatic heterocycles. The van der Waals surface area contributed by atoms with Gasteiger partial charge in [-0.2, -0.15) is 5.10 Å². The van der Waals surface area contributed by atoms with Gasteiger partial charge in [0.2, 0.25) is 5.91 Å². The first-order valence-corrected chi connectivity index (χ1v) is 7.63. The van der Waals surface area contributed by atoms with Crippen LogP contribution in [-0.4, -0.2) is 45.7 Å². The number of carbonyl (C=O) groups excluding carboxylic acids is 1. The van der Waals surface area contributed by atoms with Crippen molar-refractivity contribution in [2.24, 2.45) is 0 Å². The van der Waals surface area contributed by atoms with Crippen LogP contribution >= 0.6 is 0 Å². The molecule has 0 bridgehead atoms. The maximum atomic E-state index is 12.2. The molecule has 0 atom stereocenters. The third-order valence-corrected chi connectivity index (χ3v) is 4.06. The number of piperidine rings is 1. The zero-order valence-electron chi connectivity index (χ0n) is 12.8. The molecule has 1 fully saturated rings. The molecule has 116 valence electrons. The minimum absolute atomic E-state index is 0.0392. The summed E-state index contributed by atoms with van der Waals surface area (Å²) < 4.78 is 1.95. The molecule has 6 nitrogen and oxygen atoms in total. The number of hydrogen-bond donors (Lipinski definition) is 1. The third-order valence-electron chi connectivity index (χ3n) is 4.06. The van der Waals surface area contributed by atoms with Gasteiger partial charge in [0.05, 0.1) is 18.7 Å². The Hall–Kier alpha value is -2.21. The fraction of sp³-hybridized carbons (Fsp3) is 0.438. The molecule has 0 aliphatic carbocycles. The Kier molecular flexibility index (Phi) is 4.48. The SMILES string of the molecule is CN1CCC(n2nccc2NC(=O)Cc2cccnc2)CC1. The van der Waals surface area contributed by atoms with Crippen LogP contribution in [0.15, 0.2) is 36.8 Å². The molecule has 1 saturated heterocycles. The Labute approximate surface area is 130 Å². The van der Waals surface area contributed by atoms with E-state index in [1.807, 2.05) is 22.9 Å². The first-order chi connectivity index (χ1) is 10.7. The summed E-state index contributed by atoms with van der Waals surface area (Å²) in [6, 6.07) is 5.96. The number of anilines is 1. The van der Waals surface area contributed by atoms with E-state index in [-0.39, 0.29) is 5.91 Å². The Morgan fingerprint density at radius 2 is 2.14 bits per heavy atom. The monoisotopic (exact) mass is 299 g/mol. The first-order valence-electron chi connectivity index (χ1n) is 7.63. The highest BCUT2D eigenvalue weighted by molar-refractivity contribution is 5.91. The van der Waals surface area contributed by atoms with Gasteiger partial charge in [-0.15, -0.1) is 0 Å². The highest BCUT2D eigenvalue weighted by Crippen LogP contribution is 2.24. The van der Waals surface area contributed by atoms with Crippen molar-refractivity contribution in [2.45, 2.75) is 25.3 Å². The average Bonchev–Trinajstić information content (AvgIpc) is 2.97. The molecular weight excluding hydrogens is 278 g/mol. The summed E-state index contributed by atoms with van der Waals surface area (Å²) in [6.45, 7) is 2.13. The van der Waals surface area contributed by atoms with Gasteiger partial charge in [-0.25, -0.2) is 4.68 Å². The molecule has 0 unspecified atom stereocenters. The summed E-state index contributed by atoms with van der Waals surface area (Å²) in [5.41, 5.74) is 0.908. The van der Waals surface area contributed by atoms with E-state index in [0.717, 1.165) is 37.3 Å². The smallest absolute Gasteiger partial charge is 0.229 e. The van der Waals surface area contributed by atoms with Gasteiger partial charge >= 0.3 is 0 Å². The van der Waals surface area contributed by atoms with Crippen molar-refractivity contribution in [3.05, 3.63) is 42.4 Å². The number of hydrogen-bond acceptors (Lipinski definition) is 4. The first kappa shape index (κ1) is 14.7. The lowest BCUT2D eigenvalue weighted by Crippen LogP contribution is -2.32. The van der Waals surface area contributed by atoms with Gasteiger partial charge in [-0.1, -0.05) is 6.07 Å². The van der Waals surface area contributed by atoms with Gasteiger partial charge < -0.3 is 10.2 Å². The molecule has 1 amide bonds. The molecule has 2 aromatic heterocycles. The molecule has 2 aromatic rings. The molecule has 0 radical (unpaired) electrons. The van der Waals surface area contributed by atoms with E-state index >= 15 is 0 Å². The van der Waals surface area contributed by atoms with Gasteiger partial charge in [0.1, 0.15) is 5.82 Å². The number of rotatable bonds is 4. The van der Waals surface area contributed by atoms with E-state index in [0.29, 0.717) is 12.5 Å². The van der Waals surface area contributed by atoms with E-state index in [4.69, 9.17) is 0 Å². The minimum atomic E-state index is -0.0392. The highest BCUT2D eigenvalue weighted by Gasteiger charge is 2.21. The lowest BCUT2D eigenvalue weighted by atomic mass is 10.1. The Balaban J connectivity index is 1.63. The Bertz CT molecular complexity index is 616. The van der Waals surface area contributed by atoms with Gasteiger partial charge in [0.25, 0.3) is 0 Å². The van der Waals surface area contributed by atoms with Crippen molar-refractivity contribution in [1.82, 2.24) is 19.7 Å². The van der Waals surface area contributed by atoms with Crippen LogP contribution in [0.2, 0.25) is 0 Å².